The number of rotatable bonds is 9. The van der Waals surface area contributed by atoms with Crippen molar-refractivity contribution in [3.8, 4) is 5.75 Å². The van der Waals surface area contributed by atoms with E-state index < -0.39 is 29.6 Å². The highest BCUT2D eigenvalue weighted by Crippen LogP contribution is 2.55. The third kappa shape index (κ3) is 5.39. The first-order valence-corrected chi connectivity index (χ1v) is 15.5. The molecule has 0 aromatic heterocycles. The predicted molar refractivity (Wildman–Crippen MR) is 155 cm³/mol. The third-order valence-electron chi connectivity index (χ3n) is 9.96. The lowest BCUT2D eigenvalue weighted by Crippen LogP contribution is -2.56. The van der Waals surface area contributed by atoms with Crippen LogP contribution in [0.1, 0.15) is 58.3 Å². The molecule has 9 heteroatoms. The quantitative estimate of drug-likeness (QED) is 0.447. The molecule has 0 radical (unpaired) electrons. The SMILES string of the molecule is COc1cccc(NC(=O)C2[C@@H]3C=CC4(O3)C(C(=O)NC3CCCCC3)N(CCCN3CCC(C)CC3)C(=O)[C@H]24)c1. The Labute approximate surface area is 243 Å². The molecule has 41 heavy (non-hydrogen) atoms. The van der Waals surface area contributed by atoms with Crippen molar-refractivity contribution in [3.05, 3.63) is 36.4 Å². The average molecular weight is 565 g/mol. The van der Waals surface area contributed by atoms with Gasteiger partial charge in [0.2, 0.25) is 17.7 Å². The molecule has 5 atom stereocenters. The Morgan fingerprint density at radius 1 is 1.07 bits per heavy atom. The molecule has 222 valence electrons. The first-order valence-electron chi connectivity index (χ1n) is 15.5. The van der Waals surface area contributed by atoms with Gasteiger partial charge in [0.25, 0.3) is 0 Å². The van der Waals surface area contributed by atoms with Gasteiger partial charge in [-0.15, -0.1) is 0 Å². The van der Waals surface area contributed by atoms with Crippen LogP contribution in [-0.4, -0.2) is 84.6 Å². The second-order valence-corrected chi connectivity index (χ2v) is 12.7. The molecule has 1 aromatic rings. The third-order valence-corrected chi connectivity index (χ3v) is 9.96. The Bertz CT molecular complexity index is 1170. The normalized spacial score (nSPS) is 31.9. The van der Waals surface area contributed by atoms with Gasteiger partial charge in [0.1, 0.15) is 17.4 Å². The Morgan fingerprint density at radius 2 is 1.85 bits per heavy atom. The lowest BCUT2D eigenvalue weighted by Gasteiger charge is -2.35. The highest BCUT2D eigenvalue weighted by atomic mass is 16.5. The van der Waals surface area contributed by atoms with Gasteiger partial charge in [0.15, 0.2) is 0 Å². The van der Waals surface area contributed by atoms with Gasteiger partial charge in [-0.25, -0.2) is 0 Å². The van der Waals surface area contributed by atoms with Gasteiger partial charge in [-0.2, -0.15) is 0 Å². The molecule has 4 fully saturated rings. The largest absolute Gasteiger partial charge is 0.497 e. The summed E-state index contributed by atoms with van der Waals surface area (Å²) in [6, 6.07) is 6.51. The van der Waals surface area contributed by atoms with Crippen LogP contribution in [0.2, 0.25) is 0 Å². The number of hydrogen-bond acceptors (Lipinski definition) is 6. The van der Waals surface area contributed by atoms with E-state index in [0.717, 1.165) is 57.7 Å². The number of amides is 3. The molecular formula is C32H44N4O5. The second-order valence-electron chi connectivity index (χ2n) is 12.7. The Morgan fingerprint density at radius 3 is 2.61 bits per heavy atom. The molecule has 1 spiro atoms. The molecule has 3 saturated heterocycles. The number of nitrogens with zero attached hydrogens (tertiary/aromatic N) is 2. The summed E-state index contributed by atoms with van der Waals surface area (Å²) in [7, 11) is 1.58. The topological polar surface area (TPSA) is 100 Å². The van der Waals surface area contributed by atoms with Gasteiger partial charge in [-0.1, -0.05) is 44.4 Å². The second kappa shape index (κ2) is 11.8. The summed E-state index contributed by atoms with van der Waals surface area (Å²) >= 11 is 0. The van der Waals surface area contributed by atoms with Gasteiger partial charge in [0.05, 0.1) is 25.0 Å². The minimum Gasteiger partial charge on any atom is -0.497 e. The summed E-state index contributed by atoms with van der Waals surface area (Å²) in [4.78, 5) is 46.1. The minimum atomic E-state index is -1.13. The zero-order valence-corrected chi connectivity index (χ0v) is 24.3. The van der Waals surface area contributed by atoms with Crippen LogP contribution in [-0.2, 0) is 19.1 Å². The van der Waals surface area contributed by atoms with Crippen molar-refractivity contribution in [1.82, 2.24) is 15.1 Å². The van der Waals surface area contributed by atoms with Gasteiger partial charge < -0.3 is 29.9 Å². The monoisotopic (exact) mass is 564 g/mol. The first-order chi connectivity index (χ1) is 19.9. The van der Waals surface area contributed by atoms with E-state index >= 15 is 0 Å². The van der Waals surface area contributed by atoms with Crippen molar-refractivity contribution in [3.63, 3.8) is 0 Å². The summed E-state index contributed by atoms with van der Waals surface area (Å²) in [5.74, 6) is -0.634. The maximum absolute atomic E-state index is 14.2. The fourth-order valence-electron chi connectivity index (χ4n) is 7.71. The van der Waals surface area contributed by atoms with Crippen LogP contribution in [0.15, 0.2) is 36.4 Å². The summed E-state index contributed by atoms with van der Waals surface area (Å²) in [6.45, 7) is 5.82. The molecule has 2 bridgehead atoms. The van der Waals surface area contributed by atoms with Gasteiger partial charge in [-0.05, 0) is 69.8 Å². The van der Waals surface area contributed by atoms with Crippen molar-refractivity contribution < 1.29 is 23.9 Å². The van der Waals surface area contributed by atoms with Crippen LogP contribution >= 0.6 is 0 Å². The smallest absolute Gasteiger partial charge is 0.246 e. The number of fused-ring (bicyclic) bond motifs is 1. The summed E-state index contributed by atoms with van der Waals surface area (Å²) in [5, 5.41) is 6.25. The number of ether oxygens (including phenoxy) is 2. The molecule has 1 aliphatic carbocycles. The zero-order chi connectivity index (χ0) is 28.6. The molecule has 4 aliphatic heterocycles. The van der Waals surface area contributed by atoms with Gasteiger partial charge >= 0.3 is 0 Å². The van der Waals surface area contributed by atoms with Crippen LogP contribution in [0, 0.1) is 17.8 Å². The Hall–Kier alpha value is -2.91. The molecule has 3 unspecified atom stereocenters. The molecule has 4 heterocycles. The predicted octanol–water partition coefficient (Wildman–Crippen LogP) is 3.36. The van der Waals surface area contributed by atoms with E-state index in [1.807, 2.05) is 24.3 Å². The maximum Gasteiger partial charge on any atom is 0.246 e. The molecule has 6 rings (SSSR count). The Balaban J connectivity index is 1.22. The fraction of sp³-hybridized carbons (Fsp3) is 0.656. The van der Waals surface area contributed by atoms with Crippen molar-refractivity contribution in [2.24, 2.45) is 17.8 Å². The summed E-state index contributed by atoms with van der Waals surface area (Å²) in [6.07, 6.45) is 11.7. The number of piperidine rings is 1. The van der Waals surface area contributed by atoms with Crippen LogP contribution in [0.3, 0.4) is 0 Å². The van der Waals surface area contributed by atoms with Crippen molar-refractivity contribution in [2.45, 2.75) is 82.1 Å². The van der Waals surface area contributed by atoms with E-state index in [4.69, 9.17) is 9.47 Å². The summed E-state index contributed by atoms with van der Waals surface area (Å²) < 4.78 is 11.8. The molecule has 5 aliphatic rings. The first kappa shape index (κ1) is 28.2. The number of hydrogen-bond donors (Lipinski definition) is 2. The number of benzene rings is 1. The lowest BCUT2D eigenvalue weighted by molar-refractivity contribution is -0.141. The number of likely N-dealkylation sites (tertiary alicyclic amines) is 2. The zero-order valence-electron chi connectivity index (χ0n) is 24.3. The fourth-order valence-corrected chi connectivity index (χ4v) is 7.71. The number of methoxy groups -OCH3 is 1. The van der Waals surface area contributed by atoms with Gasteiger partial charge in [0, 0.05) is 24.3 Å². The van der Waals surface area contributed by atoms with E-state index in [1.54, 1.807) is 24.1 Å². The molecular weight excluding hydrogens is 520 g/mol. The van der Waals surface area contributed by atoms with Crippen molar-refractivity contribution in [1.29, 1.82) is 0 Å². The van der Waals surface area contributed by atoms with E-state index in [1.165, 1.54) is 19.3 Å². The molecule has 1 saturated carbocycles. The average Bonchev–Trinajstić information content (AvgIpc) is 3.62. The molecule has 3 amide bonds. The Kier molecular flexibility index (Phi) is 8.10. The number of nitrogens with one attached hydrogen (secondary N) is 2. The minimum absolute atomic E-state index is 0.119. The van der Waals surface area contributed by atoms with Crippen LogP contribution in [0.4, 0.5) is 5.69 Å². The molecule has 2 N–H and O–H groups in total. The highest BCUT2D eigenvalue weighted by Gasteiger charge is 2.72. The number of carbonyl (C=O) groups excluding carboxylic acids is 3. The summed E-state index contributed by atoms with van der Waals surface area (Å²) in [5.41, 5.74) is -0.530. The molecule has 9 nitrogen and oxygen atoms in total. The van der Waals surface area contributed by atoms with Gasteiger partial charge in [-0.3, -0.25) is 14.4 Å². The van der Waals surface area contributed by atoms with Crippen molar-refractivity contribution >= 4 is 23.4 Å². The van der Waals surface area contributed by atoms with Crippen molar-refractivity contribution in [2.75, 3.05) is 38.6 Å². The molecule has 1 aromatic carbocycles. The van der Waals surface area contributed by atoms with E-state index in [9.17, 15) is 14.4 Å². The van der Waals surface area contributed by atoms with E-state index in [-0.39, 0.29) is 23.8 Å². The number of anilines is 1. The lowest BCUT2D eigenvalue weighted by atomic mass is 9.74. The van der Waals surface area contributed by atoms with Crippen LogP contribution in [0.25, 0.3) is 0 Å². The van der Waals surface area contributed by atoms with E-state index in [2.05, 4.69) is 22.5 Å². The maximum atomic E-state index is 14.2. The van der Waals surface area contributed by atoms with Crippen LogP contribution < -0.4 is 15.4 Å². The van der Waals surface area contributed by atoms with E-state index in [0.29, 0.717) is 18.0 Å². The highest BCUT2D eigenvalue weighted by molar-refractivity contribution is 6.02. The standard InChI is InChI=1S/C32H44N4O5/c1-21-13-18-35(19-14-21)16-7-17-36-28(30(38)33-22-8-4-3-5-9-22)32-15-12-25(41-32)26(27(32)31(36)39)29(37)34-23-10-6-11-24(20-23)40-2/h6,10-12,15,20-22,25-28H,3-5,7-9,13-14,16-19H2,1-2H3,(H,33,38)(H,34,37)/t25-,26?,27-,28?,32?/m0/s1. The number of carbonyl (C=O) groups is 3. The van der Waals surface area contributed by atoms with Crippen LogP contribution in [0.5, 0.6) is 5.75 Å².